The van der Waals surface area contributed by atoms with E-state index in [9.17, 15) is 0 Å². The Labute approximate surface area is 124 Å². The summed E-state index contributed by atoms with van der Waals surface area (Å²) >= 11 is 6.13. The van der Waals surface area contributed by atoms with Crippen LogP contribution in [0.1, 0.15) is 44.9 Å². The Balaban J connectivity index is 2.03. The maximum absolute atomic E-state index is 6.13. The first-order valence-corrected chi connectivity index (χ1v) is 7.30. The van der Waals surface area contributed by atoms with Gasteiger partial charge in [0.05, 0.1) is 5.02 Å². The molecule has 2 rings (SSSR count). The highest BCUT2D eigenvalue weighted by Gasteiger charge is 2.16. The Morgan fingerprint density at radius 1 is 1.25 bits per heavy atom. The lowest BCUT2D eigenvalue weighted by atomic mass is 10.0. The summed E-state index contributed by atoms with van der Waals surface area (Å²) in [6.07, 6.45) is 3.06. The Bertz CT molecular complexity index is 554. The minimum absolute atomic E-state index is 0.234. The van der Waals surface area contributed by atoms with Crippen molar-refractivity contribution in [3.05, 3.63) is 35.2 Å². The lowest BCUT2D eigenvalue weighted by molar-refractivity contribution is 0.350. The van der Waals surface area contributed by atoms with Crippen molar-refractivity contribution in [1.82, 2.24) is 10.1 Å². The lowest BCUT2D eigenvalue weighted by Crippen LogP contribution is -2.14. The monoisotopic (exact) mass is 293 g/mol. The van der Waals surface area contributed by atoms with E-state index in [1.165, 1.54) is 0 Å². The SMILES string of the molecule is CC(N)CCCC(C)c1nc(-c2ccccc2Cl)no1. The summed E-state index contributed by atoms with van der Waals surface area (Å²) < 4.78 is 5.34. The second-order valence-corrected chi connectivity index (χ2v) is 5.65. The molecule has 20 heavy (non-hydrogen) atoms. The van der Waals surface area contributed by atoms with Crippen molar-refractivity contribution in [2.75, 3.05) is 0 Å². The van der Waals surface area contributed by atoms with Crippen LogP contribution in [-0.2, 0) is 0 Å². The molecular weight excluding hydrogens is 274 g/mol. The smallest absolute Gasteiger partial charge is 0.229 e. The summed E-state index contributed by atoms with van der Waals surface area (Å²) in [4.78, 5) is 4.45. The normalized spacial score (nSPS) is 14.2. The van der Waals surface area contributed by atoms with E-state index < -0.39 is 0 Å². The van der Waals surface area contributed by atoms with E-state index in [1.807, 2.05) is 31.2 Å². The van der Waals surface area contributed by atoms with Gasteiger partial charge in [-0.2, -0.15) is 4.98 Å². The molecule has 0 spiro atoms. The Morgan fingerprint density at radius 2 is 2.00 bits per heavy atom. The Kier molecular flexibility index (Phi) is 5.15. The van der Waals surface area contributed by atoms with Gasteiger partial charge in [-0.1, -0.05) is 42.2 Å². The second kappa shape index (κ2) is 6.86. The number of rotatable bonds is 6. The molecule has 1 aromatic heterocycles. The molecule has 0 fully saturated rings. The molecular formula is C15H20ClN3O. The minimum Gasteiger partial charge on any atom is -0.339 e. The molecule has 0 aliphatic heterocycles. The third-order valence-electron chi connectivity index (χ3n) is 3.27. The zero-order valence-electron chi connectivity index (χ0n) is 11.8. The van der Waals surface area contributed by atoms with Gasteiger partial charge in [0, 0.05) is 17.5 Å². The van der Waals surface area contributed by atoms with E-state index in [1.54, 1.807) is 0 Å². The van der Waals surface area contributed by atoms with Gasteiger partial charge in [0.15, 0.2) is 0 Å². The van der Waals surface area contributed by atoms with Crippen molar-refractivity contribution in [3.8, 4) is 11.4 Å². The first kappa shape index (κ1) is 15.0. The number of nitrogens with two attached hydrogens (primary N) is 1. The molecule has 0 saturated carbocycles. The van der Waals surface area contributed by atoms with Crippen LogP contribution < -0.4 is 5.73 Å². The van der Waals surface area contributed by atoms with Gasteiger partial charge >= 0.3 is 0 Å². The number of benzene rings is 1. The number of hydrogen-bond donors (Lipinski definition) is 1. The summed E-state index contributed by atoms with van der Waals surface area (Å²) in [5.41, 5.74) is 6.55. The van der Waals surface area contributed by atoms with E-state index in [-0.39, 0.29) is 12.0 Å². The Morgan fingerprint density at radius 3 is 2.70 bits per heavy atom. The summed E-state index contributed by atoms with van der Waals surface area (Å²) in [5, 5.41) is 4.65. The van der Waals surface area contributed by atoms with Gasteiger partial charge in [0.1, 0.15) is 0 Å². The summed E-state index contributed by atoms with van der Waals surface area (Å²) in [6.45, 7) is 4.11. The van der Waals surface area contributed by atoms with Crippen LogP contribution in [-0.4, -0.2) is 16.2 Å². The van der Waals surface area contributed by atoms with Gasteiger partial charge in [-0.15, -0.1) is 0 Å². The van der Waals surface area contributed by atoms with Crippen LogP contribution in [0.15, 0.2) is 28.8 Å². The van der Waals surface area contributed by atoms with Crippen molar-refractivity contribution in [3.63, 3.8) is 0 Å². The highest BCUT2D eigenvalue weighted by molar-refractivity contribution is 6.33. The van der Waals surface area contributed by atoms with Crippen molar-refractivity contribution in [1.29, 1.82) is 0 Å². The first-order valence-electron chi connectivity index (χ1n) is 6.92. The average molecular weight is 294 g/mol. The molecule has 2 N–H and O–H groups in total. The van der Waals surface area contributed by atoms with Crippen LogP contribution in [0.4, 0.5) is 0 Å². The molecule has 108 valence electrons. The van der Waals surface area contributed by atoms with Gasteiger partial charge in [-0.3, -0.25) is 0 Å². The molecule has 2 aromatic rings. The van der Waals surface area contributed by atoms with Crippen molar-refractivity contribution in [2.24, 2.45) is 5.73 Å². The van der Waals surface area contributed by atoms with Crippen LogP contribution in [0.5, 0.6) is 0 Å². The zero-order valence-corrected chi connectivity index (χ0v) is 12.6. The van der Waals surface area contributed by atoms with Crippen molar-refractivity contribution in [2.45, 2.75) is 45.1 Å². The third kappa shape index (κ3) is 3.81. The molecule has 0 aliphatic rings. The fraction of sp³-hybridized carbons (Fsp3) is 0.467. The van der Waals surface area contributed by atoms with Gasteiger partial charge in [-0.25, -0.2) is 0 Å². The number of halogens is 1. The van der Waals surface area contributed by atoms with Gasteiger partial charge in [0.25, 0.3) is 0 Å². The lowest BCUT2D eigenvalue weighted by Gasteiger charge is -2.07. The fourth-order valence-electron chi connectivity index (χ4n) is 2.06. The summed E-state index contributed by atoms with van der Waals surface area (Å²) in [6, 6.07) is 7.73. The molecule has 5 heteroatoms. The van der Waals surface area contributed by atoms with Crippen LogP contribution in [0.25, 0.3) is 11.4 Å². The van der Waals surface area contributed by atoms with E-state index in [0.29, 0.717) is 16.7 Å². The Hall–Kier alpha value is -1.39. The molecule has 2 unspecified atom stereocenters. The van der Waals surface area contributed by atoms with Crippen LogP contribution >= 0.6 is 11.6 Å². The molecule has 0 amide bonds. The molecule has 0 radical (unpaired) electrons. The van der Waals surface area contributed by atoms with E-state index in [0.717, 1.165) is 24.8 Å². The maximum Gasteiger partial charge on any atom is 0.229 e. The molecule has 0 bridgehead atoms. The van der Waals surface area contributed by atoms with E-state index >= 15 is 0 Å². The maximum atomic E-state index is 6.13. The number of hydrogen-bond acceptors (Lipinski definition) is 4. The largest absolute Gasteiger partial charge is 0.339 e. The molecule has 0 saturated heterocycles. The van der Waals surface area contributed by atoms with E-state index in [4.69, 9.17) is 21.9 Å². The molecule has 0 aliphatic carbocycles. The van der Waals surface area contributed by atoms with Gasteiger partial charge in [-0.05, 0) is 31.9 Å². The third-order valence-corrected chi connectivity index (χ3v) is 3.60. The van der Waals surface area contributed by atoms with Crippen LogP contribution in [0, 0.1) is 0 Å². The van der Waals surface area contributed by atoms with Gasteiger partial charge < -0.3 is 10.3 Å². The summed E-state index contributed by atoms with van der Waals surface area (Å²) in [7, 11) is 0. The molecule has 1 heterocycles. The second-order valence-electron chi connectivity index (χ2n) is 5.25. The topological polar surface area (TPSA) is 64.9 Å². The summed E-state index contributed by atoms with van der Waals surface area (Å²) in [5.74, 6) is 1.44. The van der Waals surface area contributed by atoms with Crippen LogP contribution in [0.3, 0.4) is 0 Å². The molecule has 1 aromatic carbocycles. The standard InChI is InChI=1S/C15H20ClN3O/c1-10(6-5-7-11(2)17)15-18-14(19-20-15)12-8-3-4-9-13(12)16/h3-4,8-11H,5-7,17H2,1-2H3. The van der Waals surface area contributed by atoms with E-state index in [2.05, 4.69) is 17.1 Å². The minimum atomic E-state index is 0.234. The average Bonchev–Trinajstić information content (AvgIpc) is 2.88. The molecule has 4 nitrogen and oxygen atoms in total. The van der Waals surface area contributed by atoms with Crippen LogP contribution in [0.2, 0.25) is 5.02 Å². The predicted octanol–water partition coefficient (Wildman–Crippen LogP) is 4.01. The fourth-order valence-corrected chi connectivity index (χ4v) is 2.28. The zero-order chi connectivity index (χ0) is 14.5. The number of nitrogens with zero attached hydrogens (tertiary/aromatic N) is 2. The van der Waals surface area contributed by atoms with Gasteiger partial charge in [0.2, 0.25) is 11.7 Å². The molecule has 2 atom stereocenters. The highest BCUT2D eigenvalue weighted by Crippen LogP contribution is 2.27. The quantitative estimate of drug-likeness (QED) is 0.874. The first-order chi connectivity index (χ1) is 9.58. The van der Waals surface area contributed by atoms with Crippen molar-refractivity contribution < 1.29 is 4.52 Å². The number of aromatic nitrogens is 2. The predicted molar refractivity (Wildman–Crippen MR) is 80.7 cm³/mol. The highest BCUT2D eigenvalue weighted by atomic mass is 35.5. The van der Waals surface area contributed by atoms with Crippen molar-refractivity contribution >= 4 is 11.6 Å².